The summed E-state index contributed by atoms with van der Waals surface area (Å²) in [5, 5.41) is 0. The minimum atomic E-state index is -2.60. The molecule has 3 N–H and O–H groups in total. The van der Waals surface area contributed by atoms with Gasteiger partial charge in [0.15, 0.2) is 5.65 Å². The van der Waals surface area contributed by atoms with Crippen molar-refractivity contribution < 1.29 is 8.78 Å². The molecular formula is C11H12F2N4O2. The Morgan fingerprint density at radius 3 is 2.47 bits per heavy atom. The van der Waals surface area contributed by atoms with Crippen LogP contribution in [0, 0.1) is 0 Å². The molecular weight excluding hydrogens is 258 g/mol. The van der Waals surface area contributed by atoms with E-state index in [-0.39, 0.29) is 29.9 Å². The Labute approximate surface area is 105 Å². The van der Waals surface area contributed by atoms with Gasteiger partial charge in [0.2, 0.25) is 5.92 Å². The topological polar surface area (TPSA) is 94.4 Å². The predicted octanol–water partition coefficient (Wildman–Crippen LogP) is 1.23. The van der Waals surface area contributed by atoms with Crippen LogP contribution in [0.5, 0.6) is 0 Å². The van der Waals surface area contributed by atoms with Crippen LogP contribution in [-0.4, -0.2) is 25.9 Å². The van der Waals surface area contributed by atoms with Gasteiger partial charge in [-0.3, -0.25) is 14.8 Å². The predicted molar refractivity (Wildman–Crippen MR) is 63.5 cm³/mol. The van der Waals surface area contributed by atoms with Crippen LogP contribution in [0.4, 0.5) is 8.78 Å². The highest BCUT2D eigenvalue weighted by Crippen LogP contribution is 2.40. The van der Waals surface area contributed by atoms with Gasteiger partial charge in [-0.1, -0.05) is 0 Å². The Balaban J connectivity index is 1.97. The van der Waals surface area contributed by atoms with E-state index in [1.807, 2.05) is 0 Å². The summed E-state index contributed by atoms with van der Waals surface area (Å²) in [6, 6.07) is 0. The molecule has 1 aliphatic carbocycles. The minimum absolute atomic E-state index is 0.130. The van der Waals surface area contributed by atoms with E-state index >= 15 is 0 Å². The summed E-state index contributed by atoms with van der Waals surface area (Å²) in [6.45, 7) is 0. The van der Waals surface area contributed by atoms with Crippen LogP contribution in [0.15, 0.2) is 9.59 Å². The van der Waals surface area contributed by atoms with E-state index < -0.39 is 17.2 Å². The van der Waals surface area contributed by atoms with Crippen molar-refractivity contribution in [3.8, 4) is 0 Å². The zero-order valence-corrected chi connectivity index (χ0v) is 9.93. The number of nitrogens with zero attached hydrogens (tertiary/aromatic N) is 1. The van der Waals surface area contributed by atoms with Crippen molar-refractivity contribution in [3.63, 3.8) is 0 Å². The van der Waals surface area contributed by atoms with Gasteiger partial charge in [-0.25, -0.2) is 18.6 Å². The highest BCUT2D eigenvalue weighted by Gasteiger charge is 2.36. The number of H-pyrrole nitrogens is 3. The number of rotatable bonds is 1. The fourth-order valence-electron chi connectivity index (χ4n) is 2.46. The first-order valence-electron chi connectivity index (χ1n) is 6.05. The van der Waals surface area contributed by atoms with Crippen LogP contribution < -0.4 is 11.2 Å². The van der Waals surface area contributed by atoms with Gasteiger partial charge in [-0.05, 0) is 12.8 Å². The average molecular weight is 270 g/mol. The third-order valence-electron chi connectivity index (χ3n) is 3.51. The third kappa shape index (κ3) is 2.18. The molecule has 0 bridgehead atoms. The van der Waals surface area contributed by atoms with Crippen molar-refractivity contribution in [2.75, 3.05) is 0 Å². The first-order chi connectivity index (χ1) is 8.94. The number of fused-ring (bicyclic) bond motifs is 1. The average Bonchev–Trinajstić information content (AvgIpc) is 2.72. The molecule has 8 heteroatoms. The molecule has 1 fully saturated rings. The van der Waals surface area contributed by atoms with Crippen LogP contribution >= 0.6 is 0 Å². The lowest BCUT2D eigenvalue weighted by Crippen LogP contribution is -2.24. The zero-order chi connectivity index (χ0) is 13.6. The summed E-state index contributed by atoms with van der Waals surface area (Å²) < 4.78 is 26.2. The second-order valence-electron chi connectivity index (χ2n) is 4.88. The highest BCUT2D eigenvalue weighted by molar-refractivity contribution is 5.68. The Morgan fingerprint density at radius 1 is 1.11 bits per heavy atom. The molecule has 0 amide bonds. The molecule has 1 saturated carbocycles. The Kier molecular flexibility index (Phi) is 2.54. The van der Waals surface area contributed by atoms with E-state index in [0.717, 1.165) is 0 Å². The van der Waals surface area contributed by atoms with E-state index in [1.165, 1.54) is 0 Å². The van der Waals surface area contributed by atoms with Gasteiger partial charge < -0.3 is 4.98 Å². The lowest BCUT2D eigenvalue weighted by atomic mass is 9.86. The molecule has 0 aliphatic heterocycles. The van der Waals surface area contributed by atoms with Crippen molar-refractivity contribution >= 4 is 11.2 Å². The molecule has 0 unspecified atom stereocenters. The first kappa shape index (κ1) is 12.1. The molecule has 19 heavy (non-hydrogen) atoms. The number of hydrogen-bond donors (Lipinski definition) is 3. The molecule has 0 radical (unpaired) electrons. The molecule has 2 heterocycles. The molecule has 3 rings (SSSR count). The summed E-state index contributed by atoms with van der Waals surface area (Å²) in [6.07, 6.45) is 0.271. The van der Waals surface area contributed by atoms with Crippen LogP contribution in [0.2, 0.25) is 0 Å². The van der Waals surface area contributed by atoms with Crippen molar-refractivity contribution in [1.29, 1.82) is 0 Å². The molecule has 2 aromatic heterocycles. The SMILES string of the molecule is O=c1[nH]c(=O)c2[nH]c(C3CCC(F)(F)CC3)nc2[nH]1. The Hall–Kier alpha value is -1.99. The van der Waals surface area contributed by atoms with E-state index in [9.17, 15) is 18.4 Å². The number of hydrogen-bond acceptors (Lipinski definition) is 3. The fourth-order valence-corrected chi connectivity index (χ4v) is 2.46. The summed E-state index contributed by atoms with van der Waals surface area (Å²) in [7, 11) is 0. The van der Waals surface area contributed by atoms with Crippen LogP contribution in [0.1, 0.15) is 37.4 Å². The van der Waals surface area contributed by atoms with Crippen LogP contribution in [0.3, 0.4) is 0 Å². The molecule has 0 saturated heterocycles. The minimum Gasteiger partial charge on any atom is -0.336 e. The van der Waals surface area contributed by atoms with E-state index in [4.69, 9.17) is 0 Å². The highest BCUT2D eigenvalue weighted by atomic mass is 19.3. The van der Waals surface area contributed by atoms with Gasteiger partial charge in [0.1, 0.15) is 11.3 Å². The Morgan fingerprint density at radius 2 is 1.79 bits per heavy atom. The lowest BCUT2D eigenvalue weighted by molar-refractivity contribution is -0.0387. The van der Waals surface area contributed by atoms with Crippen LogP contribution in [0.25, 0.3) is 11.2 Å². The molecule has 0 spiro atoms. The van der Waals surface area contributed by atoms with E-state index in [0.29, 0.717) is 18.7 Å². The van der Waals surface area contributed by atoms with Crippen molar-refractivity contribution in [2.24, 2.45) is 0 Å². The standard InChI is InChI=1S/C11H12F2N4O2/c12-11(13)3-1-5(2-4-11)7-14-6-8(15-7)16-10(19)17-9(6)18/h5H,1-4H2,(H3,14,15,16,17,18,19). The summed E-state index contributed by atoms with van der Waals surface area (Å²) >= 11 is 0. The number of aromatic nitrogens is 4. The van der Waals surface area contributed by atoms with Gasteiger partial charge in [-0.15, -0.1) is 0 Å². The number of alkyl halides is 2. The van der Waals surface area contributed by atoms with Crippen LogP contribution in [-0.2, 0) is 0 Å². The van der Waals surface area contributed by atoms with Crippen molar-refractivity contribution in [3.05, 3.63) is 26.7 Å². The lowest BCUT2D eigenvalue weighted by Gasteiger charge is -2.26. The largest absolute Gasteiger partial charge is 0.336 e. The smallest absolute Gasteiger partial charge is 0.327 e. The molecule has 2 aromatic rings. The monoisotopic (exact) mass is 270 g/mol. The van der Waals surface area contributed by atoms with Crippen molar-refractivity contribution in [2.45, 2.75) is 37.5 Å². The maximum atomic E-state index is 13.1. The van der Waals surface area contributed by atoms with Gasteiger partial charge in [0, 0.05) is 18.8 Å². The maximum Gasteiger partial charge on any atom is 0.327 e. The van der Waals surface area contributed by atoms with E-state index in [1.54, 1.807) is 0 Å². The quantitative estimate of drug-likeness (QED) is 0.727. The molecule has 102 valence electrons. The van der Waals surface area contributed by atoms with Crippen molar-refractivity contribution in [1.82, 2.24) is 19.9 Å². The van der Waals surface area contributed by atoms with Gasteiger partial charge >= 0.3 is 5.69 Å². The second kappa shape index (κ2) is 4.01. The second-order valence-corrected chi connectivity index (χ2v) is 4.88. The molecule has 0 atom stereocenters. The first-order valence-corrected chi connectivity index (χ1v) is 6.05. The number of aromatic amines is 3. The molecule has 1 aliphatic rings. The fraction of sp³-hybridized carbons (Fsp3) is 0.545. The zero-order valence-electron chi connectivity index (χ0n) is 9.93. The van der Waals surface area contributed by atoms with E-state index in [2.05, 4.69) is 19.9 Å². The molecule has 0 aromatic carbocycles. The maximum absolute atomic E-state index is 13.1. The van der Waals surface area contributed by atoms with Gasteiger partial charge in [0.25, 0.3) is 5.56 Å². The Bertz CT molecular complexity index is 720. The number of halogens is 2. The van der Waals surface area contributed by atoms with Gasteiger partial charge in [0.05, 0.1) is 0 Å². The number of nitrogens with one attached hydrogen (secondary N) is 3. The summed E-state index contributed by atoms with van der Waals surface area (Å²) in [5.41, 5.74) is -0.850. The third-order valence-corrected chi connectivity index (χ3v) is 3.51. The molecule has 6 nitrogen and oxygen atoms in total. The van der Waals surface area contributed by atoms with Gasteiger partial charge in [-0.2, -0.15) is 0 Å². The normalized spacial score (nSPS) is 19.9. The summed E-state index contributed by atoms with van der Waals surface area (Å²) in [5.74, 6) is -2.25. The number of imidazole rings is 1. The summed E-state index contributed by atoms with van der Waals surface area (Å²) in [4.78, 5) is 34.1.